The molecule has 3 rings (SSSR count). The number of aromatic nitrogens is 2. The van der Waals surface area contributed by atoms with Gasteiger partial charge in [-0.3, -0.25) is 4.57 Å². The minimum atomic E-state index is 0.405. The Morgan fingerprint density at radius 2 is 1.90 bits per heavy atom. The highest BCUT2D eigenvalue weighted by Gasteiger charge is 2.14. The predicted molar refractivity (Wildman–Crippen MR) is 84.6 cm³/mol. The lowest BCUT2D eigenvalue weighted by molar-refractivity contribution is 0.851. The number of anilines is 1. The molecular formula is C16H16ClN3. The van der Waals surface area contributed by atoms with E-state index in [4.69, 9.17) is 17.3 Å². The Kier molecular flexibility index (Phi) is 3.14. The maximum atomic E-state index is 6.11. The first kappa shape index (κ1) is 13.0. The van der Waals surface area contributed by atoms with Crippen molar-refractivity contribution in [2.75, 3.05) is 5.73 Å². The van der Waals surface area contributed by atoms with Crippen LogP contribution < -0.4 is 5.73 Å². The van der Waals surface area contributed by atoms with Gasteiger partial charge in [-0.15, -0.1) is 0 Å². The third-order valence-corrected chi connectivity index (χ3v) is 3.68. The molecule has 0 amide bonds. The molecular weight excluding hydrogens is 270 g/mol. The molecule has 0 atom stereocenters. The fourth-order valence-corrected chi connectivity index (χ4v) is 2.67. The summed E-state index contributed by atoms with van der Waals surface area (Å²) in [6, 6.07) is 13.9. The molecule has 1 aromatic heterocycles. The average Bonchev–Trinajstić information content (AvgIpc) is 2.74. The number of nitrogen functional groups attached to an aromatic ring is 1. The monoisotopic (exact) mass is 285 g/mol. The van der Waals surface area contributed by atoms with Gasteiger partial charge < -0.3 is 5.73 Å². The summed E-state index contributed by atoms with van der Waals surface area (Å²) in [4.78, 5) is 4.41. The van der Waals surface area contributed by atoms with Crippen LogP contribution in [0, 0.1) is 0 Å². The van der Waals surface area contributed by atoms with Gasteiger partial charge in [0.05, 0.1) is 16.7 Å². The summed E-state index contributed by atoms with van der Waals surface area (Å²) in [5.41, 5.74) is 10.2. The smallest absolute Gasteiger partial charge is 0.205 e. The van der Waals surface area contributed by atoms with Crippen LogP contribution in [-0.2, 0) is 0 Å². The van der Waals surface area contributed by atoms with Gasteiger partial charge in [0.15, 0.2) is 0 Å². The SMILES string of the molecule is CC(C)c1ccccc1-n1c(N)nc2ccc(Cl)cc21. The van der Waals surface area contributed by atoms with E-state index in [0.29, 0.717) is 16.9 Å². The summed E-state index contributed by atoms with van der Waals surface area (Å²) in [7, 11) is 0. The van der Waals surface area contributed by atoms with Crippen molar-refractivity contribution in [3.8, 4) is 5.69 Å². The van der Waals surface area contributed by atoms with Crippen molar-refractivity contribution in [3.05, 3.63) is 53.1 Å². The first-order chi connectivity index (χ1) is 9.58. The maximum absolute atomic E-state index is 6.11. The zero-order valence-electron chi connectivity index (χ0n) is 11.5. The molecule has 0 bridgehead atoms. The second-order valence-electron chi connectivity index (χ2n) is 5.15. The molecule has 0 spiro atoms. The molecule has 20 heavy (non-hydrogen) atoms. The van der Waals surface area contributed by atoms with E-state index >= 15 is 0 Å². The van der Waals surface area contributed by atoms with Gasteiger partial charge in [-0.05, 0) is 35.7 Å². The molecule has 0 aliphatic rings. The van der Waals surface area contributed by atoms with Crippen molar-refractivity contribution < 1.29 is 0 Å². The number of imidazole rings is 1. The number of hydrogen-bond donors (Lipinski definition) is 1. The van der Waals surface area contributed by atoms with Crippen molar-refractivity contribution in [2.24, 2.45) is 0 Å². The molecule has 0 unspecified atom stereocenters. The summed E-state index contributed by atoms with van der Waals surface area (Å²) in [5, 5.41) is 0.681. The average molecular weight is 286 g/mol. The zero-order valence-corrected chi connectivity index (χ0v) is 12.2. The second-order valence-corrected chi connectivity index (χ2v) is 5.59. The van der Waals surface area contributed by atoms with Gasteiger partial charge in [0.2, 0.25) is 5.95 Å². The lowest BCUT2D eigenvalue weighted by atomic mass is 10.0. The highest BCUT2D eigenvalue weighted by Crippen LogP contribution is 2.30. The van der Waals surface area contributed by atoms with Gasteiger partial charge in [-0.25, -0.2) is 4.98 Å². The van der Waals surface area contributed by atoms with E-state index in [1.807, 2.05) is 34.9 Å². The highest BCUT2D eigenvalue weighted by molar-refractivity contribution is 6.31. The Labute approximate surface area is 123 Å². The topological polar surface area (TPSA) is 43.8 Å². The van der Waals surface area contributed by atoms with Gasteiger partial charge in [-0.2, -0.15) is 0 Å². The Morgan fingerprint density at radius 1 is 1.15 bits per heavy atom. The number of benzene rings is 2. The fraction of sp³-hybridized carbons (Fsp3) is 0.188. The van der Waals surface area contributed by atoms with E-state index in [2.05, 4.69) is 31.0 Å². The number of hydrogen-bond acceptors (Lipinski definition) is 2. The van der Waals surface area contributed by atoms with E-state index < -0.39 is 0 Å². The number of halogens is 1. The molecule has 4 heteroatoms. The van der Waals surface area contributed by atoms with E-state index in [1.165, 1.54) is 5.56 Å². The largest absolute Gasteiger partial charge is 0.369 e. The molecule has 0 aliphatic heterocycles. The van der Waals surface area contributed by atoms with Crippen LogP contribution in [0.2, 0.25) is 5.02 Å². The minimum Gasteiger partial charge on any atom is -0.369 e. The van der Waals surface area contributed by atoms with Crippen molar-refractivity contribution in [2.45, 2.75) is 19.8 Å². The first-order valence-electron chi connectivity index (χ1n) is 6.60. The maximum Gasteiger partial charge on any atom is 0.205 e. The second kappa shape index (κ2) is 4.84. The molecule has 2 aromatic carbocycles. The summed E-state index contributed by atoms with van der Waals surface area (Å²) in [5.74, 6) is 0.887. The van der Waals surface area contributed by atoms with Gasteiger partial charge in [0, 0.05) is 5.02 Å². The lowest BCUT2D eigenvalue weighted by Crippen LogP contribution is -2.04. The number of para-hydroxylation sites is 1. The third-order valence-electron chi connectivity index (χ3n) is 3.44. The molecule has 1 heterocycles. The molecule has 0 radical (unpaired) electrons. The van der Waals surface area contributed by atoms with E-state index in [1.54, 1.807) is 0 Å². The van der Waals surface area contributed by atoms with Crippen LogP contribution in [0.3, 0.4) is 0 Å². The molecule has 3 nitrogen and oxygen atoms in total. The van der Waals surface area contributed by atoms with E-state index in [-0.39, 0.29) is 0 Å². The van der Waals surface area contributed by atoms with Crippen molar-refractivity contribution in [3.63, 3.8) is 0 Å². The molecule has 3 aromatic rings. The molecule has 0 saturated carbocycles. The standard InChI is InChI=1S/C16H16ClN3/c1-10(2)12-5-3-4-6-14(12)20-15-9-11(17)7-8-13(15)19-16(20)18/h3-10H,1-2H3,(H2,18,19). The predicted octanol–water partition coefficient (Wildman–Crippen LogP) is 4.38. The Hall–Kier alpha value is -2.00. The van der Waals surface area contributed by atoms with Gasteiger partial charge >= 0.3 is 0 Å². The van der Waals surface area contributed by atoms with Gasteiger partial charge in [0.25, 0.3) is 0 Å². The van der Waals surface area contributed by atoms with Gasteiger partial charge in [0.1, 0.15) is 0 Å². The molecule has 0 aliphatic carbocycles. The third kappa shape index (κ3) is 2.04. The Bertz CT molecular complexity index is 774. The molecule has 0 fully saturated rings. The van der Waals surface area contributed by atoms with Crippen LogP contribution in [0.5, 0.6) is 0 Å². The minimum absolute atomic E-state index is 0.405. The quantitative estimate of drug-likeness (QED) is 0.759. The van der Waals surface area contributed by atoms with Crippen LogP contribution in [0.1, 0.15) is 25.3 Å². The number of fused-ring (bicyclic) bond motifs is 1. The van der Waals surface area contributed by atoms with E-state index in [9.17, 15) is 0 Å². The lowest BCUT2D eigenvalue weighted by Gasteiger charge is -2.15. The molecule has 0 saturated heterocycles. The highest BCUT2D eigenvalue weighted by atomic mass is 35.5. The van der Waals surface area contributed by atoms with Crippen molar-refractivity contribution in [1.29, 1.82) is 0 Å². The van der Waals surface area contributed by atoms with Crippen LogP contribution in [-0.4, -0.2) is 9.55 Å². The Morgan fingerprint density at radius 3 is 2.65 bits per heavy atom. The normalized spacial score (nSPS) is 11.4. The van der Waals surface area contributed by atoms with Crippen LogP contribution >= 0.6 is 11.6 Å². The van der Waals surface area contributed by atoms with Gasteiger partial charge in [-0.1, -0.05) is 43.6 Å². The van der Waals surface area contributed by atoms with E-state index in [0.717, 1.165) is 16.7 Å². The summed E-state index contributed by atoms with van der Waals surface area (Å²) >= 11 is 6.11. The van der Waals surface area contributed by atoms with Crippen LogP contribution in [0.4, 0.5) is 5.95 Å². The number of rotatable bonds is 2. The number of nitrogens with zero attached hydrogens (tertiary/aromatic N) is 2. The molecule has 2 N–H and O–H groups in total. The summed E-state index contributed by atoms with van der Waals surface area (Å²) in [6.07, 6.45) is 0. The Balaban J connectivity index is 2.35. The van der Waals surface area contributed by atoms with Crippen LogP contribution in [0.15, 0.2) is 42.5 Å². The fourth-order valence-electron chi connectivity index (χ4n) is 2.50. The van der Waals surface area contributed by atoms with Crippen LogP contribution in [0.25, 0.3) is 16.7 Å². The molecule has 102 valence electrons. The zero-order chi connectivity index (χ0) is 14.3. The summed E-state index contributed by atoms with van der Waals surface area (Å²) < 4.78 is 1.97. The van der Waals surface area contributed by atoms with Crippen molar-refractivity contribution in [1.82, 2.24) is 9.55 Å². The summed E-state index contributed by atoms with van der Waals surface area (Å²) in [6.45, 7) is 4.34. The van der Waals surface area contributed by atoms with Crippen molar-refractivity contribution >= 4 is 28.6 Å². The number of nitrogens with two attached hydrogens (primary N) is 1. The first-order valence-corrected chi connectivity index (χ1v) is 6.98.